The van der Waals surface area contributed by atoms with Gasteiger partial charge in [-0.1, -0.05) is 33.3 Å². The Kier molecular flexibility index (Phi) is 5.66. The Morgan fingerprint density at radius 1 is 1.19 bits per heavy atom. The number of anilines is 1. The van der Waals surface area contributed by atoms with Crippen LogP contribution >= 0.6 is 0 Å². The third kappa shape index (κ3) is 4.01. The fourth-order valence-electron chi connectivity index (χ4n) is 5.79. The Bertz CT molecular complexity index is 967. The summed E-state index contributed by atoms with van der Waals surface area (Å²) < 4.78 is 11.9. The van der Waals surface area contributed by atoms with Gasteiger partial charge >= 0.3 is 0 Å². The number of aromatic nitrogens is 1. The minimum atomic E-state index is -0.0441. The molecule has 5 rings (SSSR count). The zero-order valence-electron chi connectivity index (χ0n) is 19.8. The maximum Gasteiger partial charge on any atom is 0.298 e. The van der Waals surface area contributed by atoms with Crippen molar-refractivity contribution in [3.63, 3.8) is 0 Å². The summed E-state index contributed by atoms with van der Waals surface area (Å²) in [7, 11) is 2.24. The van der Waals surface area contributed by atoms with Crippen molar-refractivity contribution in [3.05, 3.63) is 23.8 Å². The van der Waals surface area contributed by atoms with Crippen molar-refractivity contribution < 1.29 is 13.9 Å². The van der Waals surface area contributed by atoms with E-state index >= 15 is 0 Å². The van der Waals surface area contributed by atoms with E-state index in [4.69, 9.17) is 14.1 Å². The van der Waals surface area contributed by atoms with Gasteiger partial charge in [0.05, 0.1) is 24.8 Å². The van der Waals surface area contributed by atoms with Crippen LogP contribution in [0.3, 0.4) is 0 Å². The van der Waals surface area contributed by atoms with Gasteiger partial charge in [-0.2, -0.15) is 4.98 Å². The molecule has 3 atom stereocenters. The molecule has 0 radical (unpaired) electrons. The highest BCUT2D eigenvalue weighted by atomic mass is 16.5. The van der Waals surface area contributed by atoms with Crippen molar-refractivity contribution >= 4 is 23.0 Å². The molecule has 3 saturated heterocycles. The number of carbonyl (C=O) groups excluding carboxylic acids is 1. The Morgan fingerprint density at radius 2 is 1.94 bits per heavy atom. The van der Waals surface area contributed by atoms with Gasteiger partial charge in [0.15, 0.2) is 5.58 Å². The Morgan fingerprint density at radius 3 is 2.66 bits per heavy atom. The zero-order chi connectivity index (χ0) is 22.5. The third-order valence-electron chi connectivity index (χ3n) is 7.70. The van der Waals surface area contributed by atoms with Crippen LogP contribution in [-0.4, -0.2) is 66.8 Å². The molecule has 7 heteroatoms. The number of benzene rings is 1. The minimum absolute atomic E-state index is 0.0213. The van der Waals surface area contributed by atoms with Gasteiger partial charge in [-0.15, -0.1) is 0 Å². The average molecular weight is 441 g/mol. The molecule has 32 heavy (non-hydrogen) atoms. The van der Waals surface area contributed by atoms with Crippen LogP contribution in [-0.2, 0) is 4.74 Å². The van der Waals surface area contributed by atoms with Crippen LogP contribution in [0.5, 0.6) is 0 Å². The van der Waals surface area contributed by atoms with E-state index in [1.807, 2.05) is 18.2 Å². The van der Waals surface area contributed by atoms with Crippen molar-refractivity contribution in [2.24, 2.45) is 5.41 Å². The van der Waals surface area contributed by atoms with Gasteiger partial charge in [-0.05, 0) is 50.3 Å². The van der Waals surface area contributed by atoms with Gasteiger partial charge < -0.3 is 24.3 Å². The number of oxazole rings is 1. The number of fused-ring (bicyclic) bond motifs is 3. The lowest BCUT2D eigenvalue weighted by molar-refractivity contribution is 0.0463. The van der Waals surface area contributed by atoms with Crippen molar-refractivity contribution in [3.8, 4) is 0 Å². The molecule has 174 valence electrons. The lowest BCUT2D eigenvalue weighted by Crippen LogP contribution is -2.55. The van der Waals surface area contributed by atoms with Crippen LogP contribution in [0.25, 0.3) is 11.1 Å². The van der Waals surface area contributed by atoms with Crippen LogP contribution in [0.4, 0.5) is 6.01 Å². The third-order valence-corrected chi connectivity index (χ3v) is 7.70. The van der Waals surface area contributed by atoms with Crippen molar-refractivity contribution in [1.29, 1.82) is 0 Å². The highest BCUT2D eigenvalue weighted by Crippen LogP contribution is 2.34. The van der Waals surface area contributed by atoms with Crippen LogP contribution < -0.4 is 10.2 Å². The molecule has 2 aromatic rings. The lowest BCUT2D eigenvalue weighted by Gasteiger charge is -2.47. The summed E-state index contributed by atoms with van der Waals surface area (Å²) in [5.74, 6) is -0.0441. The maximum atomic E-state index is 13.3. The molecule has 3 aliphatic heterocycles. The summed E-state index contributed by atoms with van der Waals surface area (Å²) in [6.07, 6.45) is 5.82. The molecule has 1 N–H and O–H groups in total. The second-order valence-corrected chi connectivity index (χ2v) is 10.8. The minimum Gasteiger partial charge on any atom is -0.423 e. The van der Waals surface area contributed by atoms with E-state index in [2.05, 4.69) is 42.9 Å². The number of para-hydroxylation sites is 1. The molecule has 1 aromatic carbocycles. The van der Waals surface area contributed by atoms with Crippen molar-refractivity contribution in [2.45, 2.75) is 77.0 Å². The molecule has 3 aliphatic rings. The predicted octanol–water partition coefficient (Wildman–Crippen LogP) is 3.82. The number of hydrogen-bond donors (Lipinski definition) is 1. The number of morpholine rings is 1. The van der Waals surface area contributed by atoms with Crippen LogP contribution in [0.15, 0.2) is 22.6 Å². The van der Waals surface area contributed by atoms with Gasteiger partial charge in [-0.3, -0.25) is 4.79 Å². The molecular formula is C25H36N4O3. The van der Waals surface area contributed by atoms with E-state index in [0.29, 0.717) is 48.0 Å². The molecule has 7 nitrogen and oxygen atoms in total. The molecule has 1 amide bonds. The van der Waals surface area contributed by atoms with Gasteiger partial charge in [0, 0.05) is 24.7 Å². The summed E-state index contributed by atoms with van der Waals surface area (Å²) in [6, 6.07) is 7.78. The fourth-order valence-corrected chi connectivity index (χ4v) is 5.79. The summed E-state index contributed by atoms with van der Waals surface area (Å²) in [6.45, 7) is 8.65. The number of rotatable bonds is 3. The monoisotopic (exact) mass is 440 g/mol. The van der Waals surface area contributed by atoms with Gasteiger partial charge in [0.1, 0.15) is 5.52 Å². The van der Waals surface area contributed by atoms with Crippen LogP contribution in [0.2, 0.25) is 0 Å². The normalized spacial score (nSPS) is 29.3. The first-order chi connectivity index (χ1) is 15.3. The number of nitrogens with zero attached hydrogens (tertiary/aromatic N) is 3. The second kappa shape index (κ2) is 8.34. The zero-order valence-corrected chi connectivity index (χ0v) is 19.8. The average Bonchev–Trinajstić information content (AvgIpc) is 3.18. The first kappa shape index (κ1) is 21.7. The second-order valence-electron chi connectivity index (χ2n) is 10.8. The van der Waals surface area contributed by atoms with Crippen LogP contribution in [0.1, 0.15) is 63.2 Å². The van der Waals surface area contributed by atoms with Gasteiger partial charge in [0.2, 0.25) is 0 Å². The summed E-state index contributed by atoms with van der Waals surface area (Å²) in [5, 5.41) is 3.32. The van der Waals surface area contributed by atoms with E-state index < -0.39 is 0 Å². The van der Waals surface area contributed by atoms with E-state index in [1.165, 1.54) is 19.3 Å². The Balaban J connectivity index is 1.38. The molecule has 2 bridgehead atoms. The van der Waals surface area contributed by atoms with E-state index in [-0.39, 0.29) is 23.4 Å². The van der Waals surface area contributed by atoms with Crippen molar-refractivity contribution in [1.82, 2.24) is 15.2 Å². The first-order valence-electron chi connectivity index (χ1n) is 12.1. The summed E-state index contributed by atoms with van der Waals surface area (Å²) >= 11 is 0. The number of ether oxygens (including phenoxy) is 1. The van der Waals surface area contributed by atoms with Gasteiger partial charge in [0.25, 0.3) is 11.9 Å². The highest BCUT2D eigenvalue weighted by molar-refractivity contribution is 6.04. The number of carbonyl (C=O) groups is 1. The predicted molar refractivity (Wildman–Crippen MR) is 125 cm³/mol. The Hall–Kier alpha value is -2.12. The standard InChI is InChI=1S/C25H36N4O3/c1-25(2,3)21-15-31-12-11-29(21)24-27-22-19(9-6-10-20(22)32-24)23(30)26-16-13-17-7-5-8-18(14-16)28(17)4/h6,9-10,16-18,21H,5,7-8,11-15H2,1-4H3,(H,26,30)/t16?,17?,18?,21-/m1/s1. The number of hydrogen-bond acceptors (Lipinski definition) is 6. The molecule has 4 heterocycles. The van der Waals surface area contributed by atoms with Gasteiger partial charge in [-0.25, -0.2) is 0 Å². The summed E-state index contributed by atoms with van der Waals surface area (Å²) in [4.78, 5) is 22.8. The molecule has 2 unspecified atom stereocenters. The Labute approximate surface area is 190 Å². The molecule has 3 fully saturated rings. The van der Waals surface area contributed by atoms with E-state index in [1.54, 1.807) is 0 Å². The van der Waals surface area contributed by atoms with Crippen molar-refractivity contribution in [2.75, 3.05) is 31.7 Å². The van der Waals surface area contributed by atoms with Crippen LogP contribution in [0, 0.1) is 5.41 Å². The molecule has 0 saturated carbocycles. The lowest BCUT2D eigenvalue weighted by atomic mass is 9.82. The number of amides is 1. The molecule has 1 aromatic heterocycles. The quantitative estimate of drug-likeness (QED) is 0.782. The summed E-state index contributed by atoms with van der Waals surface area (Å²) in [5.41, 5.74) is 1.93. The largest absolute Gasteiger partial charge is 0.423 e. The fraction of sp³-hybridized carbons (Fsp3) is 0.680. The topological polar surface area (TPSA) is 70.8 Å². The smallest absolute Gasteiger partial charge is 0.298 e. The van der Waals surface area contributed by atoms with E-state index in [0.717, 1.165) is 19.4 Å². The molecular weight excluding hydrogens is 404 g/mol. The number of nitrogens with one attached hydrogen (secondary N) is 1. The maximum absolute atomic E-state index is 13.3. The highest BCUT2D eigenvalue weighted by Gasteiger charge is 2.38. The van der Waals surface area contributed by atoms with E-state index in [9.17, 15) is 4.79 Å². The molecule has 0 spiro atoms. The molecule has 0 aliphatic carbocycles. The first-order valence-corrected chi connectivity index (χ1v) is 12.1. The SMILES string of the molecule is CN1C2CCCC1CC(NC(=O)c1cccc3oc(N4CCOC[C@@H]4C(C)(C)C)nc13)C2. The number of piperidine rings is 2.